The van der Waals surface area contributed by atoms with Crippen molar-refractivity contribution in [1.29, 1.82) is 0 Å². The molecule has 0 aliphatic carbocycles. The minimum absolute atomic E-state index is 1.03. The van der Waals surface area contributed by atoms with Gasteiger partial charge in [0.2, 0.25) is 0 Å². The minimum Gasteiger partial charge on any atom is -0.385 e. The van der Waals surface area contributed by atoms with Crippen LogP contribution in [0.5, 0.6) is 0 Å². The summed E-state index contributed by atoms with van der Waals surface area (Å²) in [6.45, 7) is 4.77. The fourth-order valence-electron chi connectivity index (χ4n) is 0.601. The van der Waals surface area contributed by atoms with Crippen LogP contribution >= 0.6 is 0 Å². The van der Waals surface area contributed by atoms with Gasteiger partial charge in [-0.05, 0) is 12.5 Å². The van der Waals surface area contributed by atoms with Gasteiger partial charge in [0.05, 0.1) is 0 Å². The largest absolute Gasteiger partial charge is 0.385 e. The Balaban J connectivity index is 2.51. The average Bonchev–Trinajstić information content (AvgIpc) is 1.69. The van der Waals surface area contributed by atoms with E-state index < -0.39 is 0 Å². The van der Waals surface area contributed by atoms with Crippen molar-refractivity contribution in [3.63, 3.8) is 0 Å². The van der Waals surface area contributed by atoms with Gasteiger partial charge in [-0.2, -0.15) is 0 Å². The van der Waals surface area contributed by atoms with Crippen LogP contribution in [0.1, 0.15) is 6.42 Å². The Hall–Kier alpha value is -0.720. The number of nitrogens with one attached hydrogen (secondary N) is 1. The lowest BCUT2D eigenvalue weighted by molar-refractivity contribution is 0.799. The van der Waals surface area contributed by atoms with Crippen LogP contribution in [-0.4, -0.2) is 6.54 Å². The summed E-state index contributed by atoms with van der Waals surface area (Å²) in [5, 5.41) is 3.10. The number of hydrogen-bond donors (Lipinski definition) is 1. The highest BCUT2D eigenvalue weighted by Crippen LogP contribution is 1.95. The van der Waals surface area contributed by atoms with E-state index in [9.17, 15) is 0 Å². The van der Waals surface area contributed by atoms with Gasteiger partial charge in [0.1, 0.15) is 0 Å². The van der Waals surface area contributed by atoms with Crippen molar-refractivity contribution in [2.75, 3.05) is 6.54 Å². The van der Waals surface area contributed by atoms with E-state index in [1.807, 2.05) is 6.08 Å². The van der Waals surface area contributed by atoms with E-state index in [-0.39, 0.29) is 0 Å². The molecule has 38 valence electrons. The number of allylic oxidation sites excluding steroid dienone is 1. The Morgan fingerprint density at radius 1 is 1.71 bits per heavy atom. The van der Waals surface area contributed by atoms with Gasteiger partial charge in [-0.3, -0.25) is 0 Å². The van der Waals surface area contributed by atoms with Crippen LogP contribution in [-0.2, 0) is 0 Å². The van der Waals surface area contributed by atoms with Crippen molar-refractivity contribution in [2.45, 2.75) is 6.42 Å². The van der Waals surface area contributed by atoms with E-state index in [4.69, 9.17) is 0 Å². The normalized spacial score (nSPS) is 19.1. The van der Waals surface area contributed by atoms with Gasteiger partial charge in [0, 0.05) is 12.2 Å². The van der Waals surface area contributed by atoms with Crippen LogP contribution in [0.15, 0.2) is 24.4 Å². The molecule has 0 aromatic rings. The maximum absolute atomic E-state index is 3.72. The molecule has 7 heavy (non-hydrogen) atoms. The standard InChI is InChI=1S/C6H9N/c1-6-4-2-3-5-7-6/h2,4,7H,1,3,5H2. The number of rotatable bonds is 0. The summed E-state index contributed by atoms with van der Waals surface area (Å²) in [7, 11) is 0. The van der Waals surface area contributed by atoms with Crippen molar-refractivity contribution in [2.24, 2.45) is 0 Å². The molecule has 0 unspecified atom stereocenters. The first-order valence-electron chi connectivity index (χ1n) is 2.49. The Kier molecular flexibility index (Phi) is 1.16. The van der Waals surface area contributed by atoms with Crippen LogP contribution in [0.25, 0.3) is 0 Å². The van der Waals surface area contributed by atoms with E-state index in [2.05, 4.69) is 18.0 Å². The third-order valence-electron chi connectivity index (χ3n) is 0.982. The maximum Gasteiger partial charge on any atom is 0.0263 e. The molecule has 0 atom stereocenters. The van der Waals surface area contributed by atoms with Crippen molar-refractivity contribution in [3.05, 3.63) is 24.4 Å². The topological polar surface area (TPSA) is 12.0 Å². The maximum atomic E-state index is 3.72. The van der Waals surface area contributed by atoms with Crippen molar-refractivity contribution < 1.29 is 0 Å². The molecule has 1 nitrogen and oxygen atoms in total. The first-order valence-corrected chi connectivity index (χ1v) is 2.49. The highest BCUT2D eigenvalue weighted by Gasteiger charge is 1.89. The van der Waals surface area contributed by atoms with Crippen molar-refractivity contribution in [3.8, 4) is 0 Å². The van der Waals surface area contributed by atoms with Gasteiger partial charge >= 0.3 is 0 Å². The molecule has 0 spiro atoms. The summed E-state index contributed by atoms with van der Waals surface area (Å²) in [4.78, 5) is 0. The molecule has 0 aromatic carbocycles. The summed E-state index contributed by atoms with van der Waals surface area (Å²) >= 11 is 0. The van der Waals surface area contributed by atoms with Gasteiger partial charge in [-0.15, -0.1) is 0 Å². The second-order valence-corrected chi connectivity index (χ2v) is 1.64. The molecule has 0 amide bonds. The summed E-state index contributed by atoms with van der Waals surface area (Å²) < 4.78 is 0. The highest BCUT2D eigenvalue weighted by atomic mass is 14.9. The third kappa shape index (κ3) is 1.07. The van der Waals surface area contributed by atoms with E-state index in [0.717, 1.165) is 18.7 Å². The molecule has 1 aliphatic heterocycles. The molecule has 0 saturated carbocycles. The molecule has 1 N–H and O–H groups in total. The Bertz CT molecular complexity index is 103. The van der Waals surface area contributed by atoms with E-state index in [0.29, 0.717) is 0 Å². The molecule has 1 heteroatoms. The van der Waals surface area contributed by atoms with Crippen molar-refractivity contribution >= 4 is 0 Å². The second kappa shape index (κ2) is 1.82. The Morgan fingerprint density at radius 3 is 2.86 bits per heavy atom. The fraction of sp³-hybridized carbons (Fsp3) is 0.333. The lowest BCUT2D eigenvalue weighted by atomic mass is 10.3. The highest BCUT2D eigenvalue weighted by molar-refractivity contribution is 5.15. The monoisotopic (exact) mass is 95.1 g/mol. The van der Waals surface area contributed by atoms with Crippen LogP contribution < -0.4 is 5.32 Å². The first kappa shape index (κ1) is 4.44. The smallest absolute Gasteiger partial charge is 0.0263 e. The van der Waals surface area contributed by atoms with Gasteiger partial charge in [-0.25, -0.2) is 0 Å². The predicted octanol–water partition coefficient (Wildman–Crippen LogP) is 1.05. The van der Waals surface area contributed by atoms with Gasteiger partial charge < -0.3 is 5.32 Å². The molecular formula is C6H9N. The Morgan fingerprint density at radius 2 is 2.57 bits per heavy atom. The molecule has 1 aliphatic rings. The van der Waals surface area contributed by atoms with Gasteiger partial charge in [-0.1, -0.05) is 12.7 Å². The molecule has 0 saturated heterocycles. The summed E-state index contributed by atoms with van der Waals surface area (Å²) in [5.74, 6) is 0. The predicted molar refractivity (Wildman–Crippen MR) is 30.9 cm³/mol. The zero-order chi connectivity index (χ0) is 5.11. The molecule has 0 bridgehead atoms. The number of hydrogen-bond acceptors (Lipinski definition) is 1. The lowest BCUT2D eigenvalue weighted by Crippen LogP contribution is -2.14. The molecule has 0 aromatic heterocycles. The van der Waals surface area contributed by atoms with Crippen molar-refractivity contribution in [1.82, 2.24) is 5.32 Å². The summed E-state index contributed by atoms with van der Waals surface area (Å²) in [6.07, 6.45) is 5.27. The quantitative estimate of drug-likeness (QED) is 0.474. The fourth-order valence-corrected chi connectivity index (χ4v) is 0.601. The first-order chi connectivity index (χ1) is 3.39. The Labute approximate surface area is 43.7 Å². The molecule has 0 fully saturated rings. The van der Waals surface area contributed by atoms with Crippen LogP contribution in [0, 0.1) is 0 Å². The zero-order valence-electron chi connectivity index (χ0n) is 4.28. The van der Waals surface area contributed by atoms with Crippen LogP contribution in [0.3, 0.4) is 0 Å². The summed E-state index contributed by atoms with van der Waals surface area (Å²) in [5.41, 5.74) is 1.03. The van der Waals surface area contributed by atoms with Crippen LogP contribution in [0.4, 0.5) is 0 Å². The minimum atomic E-state index is 1.03. The molecule has 1 heterocycles. The zero-order valence-corrected chi connectivity index (χ0v) is 4.28. The van der Waals surface area contributed by atoms with Gasteiger partial charge in [0.25, 0.3) is 0 Å². The summed E-state index contributed by atoms with van der Waals surface area (Å²) in [6, 6.07) is 0. The lowest BCUT2D eigenvalue weighted by Gasteiger charge is -2.07. The molecule has 1 rings (SSSR count). The van der Waals surface area contributed by atoms with Crippen LogP contribution in [0.2, 0.25) is 0 Å². The molecular weight excluding hydrogens is 86.1 g/mol. The van der Waals surface area contributed by atoms with Gasteiger partial charge in [0.15, 0.2) is 0 Å². The van der Waals surface area contributed by atoms with E-state index in [1.54, 1.807) is 0 Å². The third-order valence-corrected chi connectivity index (χ3v) is 0.982. The second-order valence-electron chi connectivity index (χ2n) is 1.64. The SMILES string of the molecule is C=C1C=CCCN1. The van der Waals surface area contributed by atoms with E-state index in [1.165, 1.54) is 0 Å². The molecule has 0 radical (unpaired) electrons. The van der Waals surface area contributed by atoms with E-state index >= 15 is 0 Å². The average molecular weight is 95.1 g/mol.